The lowest BCUT2D eigenvalue weighted by Gasteiger charge is -2.24. The molecule has 0 spiro atoms. The van der Waals surface area contributed by atoms with E-state index >= 15 is 0 Å². The fourth-order valence-corrected chi connectivity index (χ4v) is 3.73. The normalized spacial score (nSPS) is 11.7. The minimum atomic E-state index is -0.289. The van der Waals surface area contributed by atoms with Crippen LogP contribution in [-0.2, 0) is 11.3 Å². The van der Waals surface area contributed by atoms with Gasteiger partial charge in [0.05, 0.1) is 34.4 Å². The summed E-state index contributed by atoms with van der Waals surface area (Å²) in [5.41, 5.74) is 1.81. The lowest BCUT2D eigenvalue weighted by Crippen LogP contribution is -2.30. The van der Waals surface area contributed by atoms with Gasteiger partial charge in [0, 0.05) is 19.2 Å². The van der Waals surface area contributed by atoms with Gasteiger partial charge in [0.15, 0.2) is 11.5 Å². The molecule has 3 aromatic carbocycles. The van der Waals surface area contributed by atoms with Crippen molar-refractivity contribution >= 4 is 16.7 Å². The zero-order valence-corrected chi connectivity index (χ0v) is 18.9. The number of amides is 1. The Balaban J connectivity index is 1.82. The maximum Gasteiger partial charge on any atom is 0.229 e. The van der Waals surface area contributed by atoms with Gasteiger partial charge in [0.25, 0.3) is 0 Å². The third-order valence-corrected chi connectivity index (χ3v) is 5.51. The summed E-state index contributed by atoms with van der Waals surface area (Å²) in [6.45, 7) is 2.31. The molecule has 0 saturated heterocycles. The van der Waals surface area contributed by atoms with Gasteiger partial charge in [0.2, 0.25) is 11.7 Å². The monoisotopic (exact) mass is 423 g/mol. The molecule has 0 fully saturated rings. The van der Waals surface area contributed by atoms with Crippen LogP contribution < -0.4 is 18.9 Å². The molecule has 0 saturated carbocycles. The van der Waals surface area contributed by atoms with E-state index in [0.717, 1.165) is 27.6 Å². The van der Waals surface area contributed by atoms with Crippen molar-refractivity contribution in [1.82, 2.24) is 4.90 Å². The van der Waals surface area contributed by atoms with E-state index in [9.17, 15) is 4.79 Å². The Hall–Kier alpha value is -3.41. The number of ether oxygens (including phenoxy) is 4. The predicted octanol–water partition coefficient (Wildman–Crippen LogP) is 4.64. The van der Waals surface area contributed by atoms with Crippen molar-refractivity contribution in [1.29, 1.82) is 0 Å². The number of hydrogen-bond donors (Lipinski definition) is 0. The Kier molecular flexibility index (Phi) is 6.90. The number of carbonyl (C=O) groups is 1. The highest BCUT2D eigenvalue weighted by molar-refractivity contribution is 5.88. The molecule has 0 aliphatic heterocycles. The van der Waals surface area contributed by atoms with Crippen LogP contribution in [-0.4, -0.2) is 46.3 Å². The van der Waals surface area contributed by atoms with Gasteiger partial charge in [-0.05, 0) is 47.5 Å². The van der Waals surface area contributed by atoms with Crippen molar-refractivity contribution in [2.45, 2.75) is 19.4 Å². The molecule has 6 nitrogen and oxygen atoms in total. The number of hydrogen-bond acceptors (Lipinski definition) is 5. The Morgan fingerprint density at radius 3 is 2.16 bits per heavy atom. The number of fused-ring (bicyclic) bond motifs is 1. The Bertz CT molecular complexity index is 1080. The number of rotatable bonds is 8. The van der Waals surface area contributed by atoms with E-state index in [1.54, 1.807) is 40.4 Å². The molecule has 0 bridgehead atoms. The zero-order valence-electron chi connectivity index (χ0n) is 18.9. The van der Waals surface area contributed by atoms with E-state index in [4.69, 9.17) is 18.9 Å². The van der Waals surface area contributed by atoms with Crippen LogP contribution in [0, 0.1) is 0 Å². The minimum absolute atomic E-state index is 0.0182. The third kappa shape index (κ3) is 4.53. The van der Waals surface area contributed by atoms with Crippen LogP contribution in [0.4, 0.5) is 0 Å². The molecule has 0 heterocycles. The molecule has 0 aliphatic rings. The maximum atomic E-state index is 13.2. The van der Waals surface area contributed by atoms with Crippen LogP contribution in [0.3, 0.4) is 0 Å². The first kappa shape index (κ1) is 22.3. The van der Waals surface area contributed by atoms with Gasteiger partial charge in [-0.1, -0.05) is 24.3 Å². The van der Waals surface area contributed by atoms with E-state index in [0.29, 0.717) is 23.8 Å². The van der Waals surface area contributed by atoms with Gasteiger partial charge in [-0.15, -0.1) is 0 Å². The van der Waals surface area contributed by atoms with E-state index in [1.165, 1.54) is 0 Å². The number of methoxy groups -OCH3 is 4. The second kappa shape index (κ2) is 9.60. The second-order valence-electron chi connectivity index (χ2n) is 7.38. The Labute approximate surface area is 183 Å². The Morgan fingerprint density at radius 2 is 1.52 bits per heavy atom. The summed E-state index contributed by atoms with van der Waals surface area (Å²) in [6.07, 6.45) is 0. The van der Waals surface area contributed by atoms with E-state index in [-0.39, 0.29) is 11.8 Å². The van der Waals surface area contributed by atoms with Crippen molar-refractivity contribution in [3.05, 3.63) is 59.7 Å². The average Bonchev–Trinajstić information content (AvgIpc) is 2.81. The zero-order chi connectivity index (χ0) is 22.5. The van der Waals surface area contributed by atoms with Crippen LogP contribution in [0.15, 0.2) is 48.5 Å². The number of benzene rings is 3. The highest BCUT2D eigenvalue weighted by Gasteiger charge is 2.23. The number of nitrogens with zero attached hydrogens (tertiary/aromatic N) is 1. The van der Waals surface area contributed by atoms with Gasteiger partial charge < -0.3 is 23.8 Å². The van der Waals surface area contributed by atoms with Gasteiger partial charge in [-0.3, -0.25) is 4.79 Å². The lowest BCUT2D eigenvalue weighted by atomic mass is 9.96. The number of likely N-dealkylation sites (N-methyl/N-ethyl adjacent to an activating group) is 1. The first-order chi connectivity index (χ1) is 14.9. The lowest BCUT2D eigenvalue weighted by molar-refractivity contribution is -0.131. The molecule has 0 radical (unpaired) electrons. The van der Waals surface area contributed by atoms with Gasteiger partial charge in [0.1, 0.15) is 5.75 Å². The summed E-state index contributed by atoms with van der Waals surface area (Å²) in [7, 11) is 8.17. The van der Waals surface area contributed by atoms with Gasteiger partial charge >= 0.3 is 0 Å². The van der Waals surface area contributed by atoms with E-state index in [1.807, 2.05) is 49.4 Å². The summed E-state index contributed by atoms with van der Waals surface area (Å²) < 4.78 is 21.6. The topological polar surface area (TPSA) is 57.2 Å². The molecule has 6 heteroatoms. The van der Waals surface area contributed by atoms with Crippen molar-refractivity contribution in [3.63, 3.8) is 0 Å². The molecule has 0 aromatic heterocycles. The van der Waals surface area contributed by atoms with Crippen molar-refractivity contribution in [3.8, 4) is 23.0 Å². The second-order valence-corrected chi connectivity index (χ2v) is 7.38. The van der Waals surface area contributed by atoms with Crippen LogP contribution in [0.2, 0.25) is 0 Å². The molecular weight excluding hydrogens is 394 g/mol. The van der Waals surface area contributed by atoms with E-state index in [2.05, 4.69) is 6.07 Å². The molecule has 3 rings (SSSR count). The molecule has 1 amide bonds. The van der Waals surface area contributed by atoms with Crippen molar-refractivity contribution < 1.29 is 23.7 Å². The molecule has 0 N–H and O–H groups in total. The first-order valence-corrected chi connectivity index (χ1v) is 10.0. The summed E-state index contributed by atoms with van der Waals surface area (Å²) in [6, 6.07) is 15.7. The summed E-state index contributed by atoms with van der Waals surface area (Å²) in [5, 5.41) is 2.15. The quantitative estimate of drug-likeness (QED) is 0.528. The summed E-state index contributed by atoms with van der Waals surface area (Å²) in [4.78, 5) is 14.9. The molecule has 31 heavy (non-hydrogen) atoms. The fourth-order valence-electron chi connectivity index (χ4n) is 3.73. The molecule has 1 atom stereocenters. The largest absolute Gasteiger partial charge is 0.497 e. The molecular formula is C25H29NO5. The fraction of sp³-hybridized carbons (Fsp3) is 0.320. The number of carbonyl (C=O) groups excluding carboxylic acids is 1. The van der Waals surface area contributed by atoms with Crippen LogP contribution in [0.1, 0.15) is 24.0 Å². The molecule has 164 valence electrons. The minimum Gasteiger partial charge on any atom is -0.497 e. The van der Waals surface area contributed by atoms with Gasteiger partial charge in [-0.25, -0.2) is 0 Å². The highest BCUT2D eigenvalue weighted by Crippen LogP contribution is 2.40. The van der Waals surface area contributed by atoms with Gasteiger partial charge in [-0.2, -0.15) is 0 Å². The van der Waals surface area contributed by atoms with E-state index < -0.39 is 0 Å². The summed E-state index contributed by atoms with van der Waals surface area (Å²) >= 11 is 0. The van der Waals surface area contributed by atoms with Crippen molar-refractivity contribution in [2.75, 3.05) is 35.5 Å². The van der Waals surface area contributed by atoms with Crippen LogP contribution in [0.25, 0.3) is 10.8 Å². The standard InChI is InChI=1S/C25H29NO5/c1-16(17-7-8-19-14-21(28-3)11-9-18(19)13-17)25(27)26(2)15-20-10-12-22(29-4)24(31-6)23(20)30-5/h7-14,16H,15H2,1-6H3/t16-/m0/s1. The highest BCUT2D eigenvalue weighted by atomic mass is 16.5. The predicted molar refractivity (Wildman–Crippen MR) is 121 cm³/mol. The first-order valence-electron chi connectivity index (χ1n) is 10.0. The maximum absolute atomic E-state index is 13.2. The van der Waals surface area contributed by atoms with Crippen LogP contribution in [0.5, 0.6) is 23.0 Å². The van der Waals surface area contributed by atoms with Crippen LogP contribution >= 0.6 is 0 Å². The summed E-state index contributed by atoms with van der Waals surface area (Å²) in [5.74, 6) is 2.20. The third-order valence-electron chi connectivity index (χ3n) is 5.51. The molecule has 0 aliphatic carbocycles. The average molecular weight is 424 g/mol. The smallest absolute Gasteiger partial charge is 0.229 e. The molecule has 3 aromatic rings. The van der Waals surface area contributed by atoms with Crippen molar-refractivity contribution in [2.24, 2.45) is 0 Å². The molecule has 0 unspecified atom stereocenters. The SMILES string of the molecule is COc1ccc2cc([C@H](C)C(=O)N(C)Cc3ccc(OC)c(OC)c3OC)ccc2c1. The Morgan fingerprint density at radius 1 is 0.839 bits per heavy atom.